The summed E-state index contributed by atoms with van der Waals surface area (Å²) in [5, 5.41) is 5.72. The Bertz CT molecular complexity index is 1090. The number of allylic oxidation sites excluding steroid dienone is 1. The van der Waals surface area contributed by atoms with E-state index in [-0.39, 0.29) is 12.5 Å². The van der Waals surface area contributed by atoms with E-state index < -0.39 is 18.0 Å². The summed E-state index contributed by atoms with van der Waals surface area (Å²) in [5.41, 5.74) is 1.96. The Balaban J connectivity index is 1.50. The first-order valence-corrected chi connectivity index (χ1v) is 13.7. The number of benzene rings is 1. The van der Waals surface area contributed by atoms with E-state index in [0.717, 1.165) is 23.7 Å². The van der Waals surface area contributed by atoms with Crippen LogP contribution in [0.1, 0.15) is 69.7 Å². The van der Waals surface area contributed by atoms with Gasteiger partial charge in [-0.25, -0.2) is 4.98 Å². The molecule has 2 saturated carbocycles. The molecule has 1 unspecified atom stereocenters. The van der Waals surface area contributed by atoms with E-state index in [2.05, 4.69) is 28.5 Å². The van der Waals surface area contributed by atoms with Crippen LogP contribution in [0.3, 0.4) is 0 Å². The molecule has 0 spiro atoms. The van der Waals surface area contributed by atoms with E-state index in [4.69, 9.17) is 9.47 Å². The van der Waals surface area contributed by atoms with Gasteiger partial charge in [-0.1, -0.05) is 31.1 Å². The number of ether oxygens (including phenoxy) is 2. The molecule has 2 aliphatic rings. The lowest BCUT2D eigenvalue weighted by atomic mass is 9.98. The second-order valence-corrected chi connectivity index (χ2v) is 11.1. The van der Waals surface area contributed by atoms with E-state index in [9.17, 15) is 14.4 Å². The van der Waals surface area contributed by atoms with Crippen LogP contribution in [0.5, 0.6) is 0 Å². The number of nitrogens with one attached hydrogen (secondary N) is 1. The minimum Gasteiger partial charge on any atom is -0.461 e. The molecule has 0 radical (unpaired) electrons. The number of thioether (sulfide) groups is 1. The third-order valence-corrected chi connectivity index (χ3v) is 7.98. The van der Waals surface area contributed by atoms with Crippen LogP contribution in [-0.4, -0.2) is 34.7 Å². The molecule has 2 aliphatic carbocycles. The van der Waals surface area contributed by atoms with Crippen molar-refractivity contribution in [3.05, 3.63) is 47.0 Å². The molecule has 0 saturated heterocycles. The lowest BCUT2D eigenvalue weighted by Gasteiger charge is -2.14. The third kappa shape index (κ3) is 7.67. The van der Waals surface area contributed by atoms with Crippen LogP contribution in [0.4, 0.5) is 5.13 Å². The van der Waals surface area contributed by atoms with Crippen molar-refractivity contribution in [2.24, 2.45) is 5.92 Å². The number of hydrogen-bond donors (Lipinski definition) is 1. The number of hydrogen-bond acceptors (Lipinski definition) is 8. The lowest BCUT2D eigenvalue weighted by molar-refractivity contribution is -0.157. The van der Waals surface area contributed by atoms with Gasteiger partial charge in [0.25, 0.3) is 5.91 Å². The Kier molecular flexibility index (Phi) is 8.62. The van der Waals surface area contributed by atoms with E-state index in [0.29, 0.717) is 22.3 Å². The predicted octanol–water partition coefficient (Wildman–Crippen LogP) is 5.78. The average Bonchev–Trinajstić information content (AvgIpc) is 3.28. The molecular weight excluding hydrogens is 484 g/mol. The normalized spacial score (nSPS) is 17.1. The topological polar surface area (TPSA) is 94.6 Å². The monoisotopic (exact) mass is 514 g/mol. The molecule has 0 aliphatic heterocycles. The second-order valence-electron chi connectivity index (χ2n) is 8.90. The van der Waals surface area contributed by atoms with Gasteiger partial charge in [-0.3, -0.25) is 19.7 Å². The second kappa shape index (κ2) is 11.9. The summed E-state index contributed by atoms with van der Waals surface area (Å²) in [6, 6.07) is 8.23. The number of carbonyl (C=O) groups excluding carboxylic acids is 3. The van der Waals surface area contributed by atoms with Gasteiger partial charge >= 0.3 is 11.9 Å². The van der Waals surface area contributed by atoms with Crippen molar-refractivity contribution in [2.75, 3.05) is 11.9 Å². The van der Waals surface area contributed by atoms with Crippen molar-refractivity contribution in [1.29, 1.82) is 0 Å². The van der Waals surface area contributed by atoms with Gasteiger partial charge in [-0.05, 0) is 49.3 Å². The zero-order chi connectivity index (χ0) is 24.8. The smallest absolute Gasteiger partial charge is 0.303 e. The Labute approximate surface area is 213 Å². The number of thiazole rings is 1. The largest absolute Gasteiger partial charge is 0.461 e. The van der Waals surface area contributed by atoms with Crippen LogP contribution in [0.25, 0.3) is 5.57 Å². The van der Waals surface area contributed by atoms with Gasteiger partial charge in [0.05, 0.1) is 5.69 Å². The van der Waals surface area contributed by atoms with Crippen LogP contribution in [0.2, 0.25) is 0 Å². The summed E-state index contributed by atoms with van der Waals surface area (Å²) in [4.78, 5) is 41.7. The minimum absolute atomic E-state index is 0.135. The van der Waals surface area contributed by atoms with E-state index in [1.807, 2.05) is 23.9 Å². The number of esters is 2. The summed E-state index contributed by atoms with van der Waals surface area (Å²) >= 11 is 3.13. The molecular formula is C26H30N2O5S2. The summed E-state index contributed by atoms with van der Waals surface area (Å²) in [5.74, 6) is -0.815. The van der Waals surface area contributed by atoms with Gasteiger partial charge in [0.2, 0.25) is 0 Å². The Morgan fingerprint density at radius 3 is 2.46 bits per heavy atom. The molecule has 1 heterocycles. The molecule has 1 aromatic heterocycles. The Hall–Kier alpha value is -2.65. The first-order valence-electron chi connectivity index (χ1n) is 11.9. The fourth-order valence-electron chi connectivity index (χ4n) is 3.98. The number of rotatable bonds is 10. The van der Waals surface area contributed by atoms with Crippen molar-refractivity contribution in [3.63, 3.8) is 0 Å². The molecule has 1 amide bonds. The maximum atomic E-state index is 13.4. The quantitative estimate of drug-likeness (QED) is 0.317. The average molecular weight is 515 g/mol. The molecule has 9 heteroatoms. The highest BCUT2D eigenvalue weighted by molar-refractivity contribution is 8.00. The van der Waals surface area contributed by atoms with E-state index in [1.54, 1.807) is 5.38 Å². The van der Waals surface area contributed by atoms with Crippen molar-refractivity contribution in [3.8, 4) is 0 Å². The molecule has 186 valence electrons. The van der Waals surface area contributed by atoms with Crippen molar-refractivity contribution >= 4 is 51.6 Å². The van der Waals surface area contributed by atoms with Gasteiger partial charge in [-0.2, -0.15) is 0 Å². The molecule has 4 rings (SSSR count). The van der Waals surface area contributed by atoms with Crippen LogP contribution in [-0.2, 0) is 23.9 Å². The first-order chi connectivity index (χ1) is 16.9. The van der Waals surface area contributed by atoms with Crippen LogP contribution >= 0.6 is 23.1 Å². The maximum absolute atomic E-state index is 13.4. The Morgan fingerprint density at radius 2 is 1.83 bits per heavy atom. The van der Waals surface area contributed by atoms with Crippen molar-refractivity contribution in [1.82, 2.24) is 4.98 Å². The third-order valence-electron chi connectivity index (χ3n) is 5.86. The molecule has 1 N–H and O–H groups in total. The van der Waals surface area contributed by atoms with E-state index in [1.165, 1.54) is 55.8 Å². The van der Waals surface area contributed by atoms with Gasteiger partial charge < -0.3 is 9.47 Å². The molecule has 2 aromatic rings. The summed E-state index contributed by atoms with van der Waals surface area (Å²) in [7, 11) is 0. The zero-order valence-electron chi connectivity index (χ0n) is 20.0. The molecule has 7 nitrogen and oxygen atoms in total. The fraction of sp³-hybridized carbons (Fsp3) is 0.462. The number of amides is 1. The van der Waals surface area contributed by atoms with Crippen LogP contribution in [0, 0.1) is 5.92 Å². The summed E-state index contributed by atoms with van der Waals surface area (Å²) in [6.07, 6.45) is 8.37. The number of aromatic nitrogens is 1. The standard InChI is InChI=1S/C26H30N2O5S2/c1-16(29)32-14-24(33-17(2)30)23-15-34-26(27-23)28-25(31)22(13-18-5-3-4-6-18)19-7-9-20(10-8-19)35-21-11-12-21/h7-10,13,15,18,21,24H,3-6,11-12,14H2,1-2H3,(H,27,28,31)/b22-13+. The molecule has 2 fully saturated rings. The van der Waals surface area contributed by atoms with Crippen molar-refractivity contribution < 1.29 is 23.9 Å². The predicted molar refractivity (Wildman–Crippen MR) is 137 cm³/mol. The zero-order valence-corrected chi connectivity index (χ0v) is 21.6. The van der Waals surface area contributed by atoms with Gasteiger partial charge in [-0.15, -0.1) is 23.1 Å². The highest BCUT2D eigenvalue weighted by Gasteiger charge is 2.24. The molecule has 35 heavy (non-hydrogen) atoms. The fourth-order valence-corrected chi connectivity index (χ4v) is 5.78. The van der Waals surface area contributed by atoms with Crippen molar-refractivity contribution in [2.45, 2.75) is 68.6 Å². The lowest BCUT2D eigenvalue weighted by Crippen LogP contribution is -2.17. The number of anilines is 1. The molecule has 1 atom stereocenters. The Morgan fingerprint density at radius 1 is 1.11 bits per heavy atom. The minimum atomic E-state index is -0.830. The van der Waals surface area contributed by atoms with Gasteiger partial charge in [0, 0.05) is 34.9 Å². The molecule has 0 bridgehead atoms. The van der Waals surface area contributed by atoms with Gasteiger partial charge in [0.1, 0.15) is 6.61 Å². The van der Waals surface area contributed by atoms with E-state index >= 15 is 0 Å². The highest BCUT2D eigenvalue weighted by atomic mass is 32.2. The molecule has 1 aromatic carbocycles. The summed E-state index contributed by atoms with van der Waals surface area (Å²) in [6.45, 7) is 2.43. The van der Waals surface area contributed by atoms with Crippen LogP contribution in [0.15, 0.2) is 40.6 Å². The SMILES string of the molecule is CC(=O)OCC(OC(C)=O)c1csc(NC(=O)/C(=C/C2CCCC2)c2ccc(SC3CC3)cc2)n1. The maximum Gasteiger partial charge on any atom is 0.303 e. The number of carbonyl (C=O) groups is 3. The highest BCUT2D eigenvalue weighted by Crippen LogP contribution is 2.39. The first kappa shape index (κ1) is 25.4. The van der Waals surface area contributed by atoms with Crippen LogP contribution < -0.4 is 5.32 Å². The summed E-state index contributed by atoms with van der Waals surface area (Å²) < 4.78 is 10.3. The van der Waals surface area contributed by atoms with Gasteiger partial charge in [0.15, 0.2) is 11.2 Å². The number of nitrogens with zero attached hydrogens (tertiary/aromatic N) is 1.